The van der Waals surface area contributed by atoms with Crippen LogP contribution in [0.3, 0.4) is 0 Å². The van der Waals surface area contributed by atoms with Crippen LogP contribution in [0.5, 0.6) is 0 Å². The van der Waals surface area contributed by atoms with E-state index in [0.29, 0.717) is 21.6 Å². The summed E-state index contributed by atoms with van der Waals surface area (Å²) in [5.41, 5.74) is 0.418. The van der Waals surface area contributed by atoms with Crippen molar-refractivity contribution >= 4 is 35.1 Å². The van der Waals surface area contributed by atoms with Crippen LogP contribution < -0.4 is 5.32 Å². The normalized spacial score (nSPS) is 15.1. The lowest BCUT2D eigenvalue weighted by molar-refractivity contribution is -0.139. The van der Waals surface area contributed by atoms with Crippen LogP contribution in [-0.2, 0) is 4.79 Å². The predicted molar refractivity (Wildman–Crippen MR) is 87.7 cm³/mol. The van der Waals surface area contributed by atoms with Crippen molar-refractivity contribution in [3.8, 4) is 5.69 Å². The molecule has 1 unspecified atom stereocenters. The number of carboxylic acid groups (broad SMARTS) is 1. The number of carbonyl (C=O) groups is 2. The lowest BCUT2D eigenvalue weighted by atomic mass is 10.2. The minimum Gasteiger partial charge on any atom is -0.480 e. The average Bonchev–Trinajstić information content (AvgIpc) is 3.28. The first-order chi connectivity index (χ1) is 11.4. The highest BCUT2D eigenvalue weighted by atomic mass is 35.5. The number of nitrogens with one attached hydrogen (secondary N) is 1. The standard InChI is InChI=1S/C15H14Cl2N4O3/c1-7-18-13(14(22)19-11(15(23)24)8-5-6-8)20-21(7)12-9(16)3-2-4-10(12)17/h2-4,8,11H,5-6H2,1H3,(H,19,22)(H,23,24). The molecule has 1 heterocycles. The van der Waals surface area contributed by atoms with Gasteiger partial charge in [-0.3, -0.25) is 4.79 Å². The Labute approximate surface area is 147 Å². The zero-order valence-electron chi connectivity index (χ0n) is 12.7. The molecule has 2 aromatic rings. The van der Waals surface area contributed by atoms with Crippen LogP contribution in [0.1, 0.15) is 29.3 Å². The smallest absolute Gasteiger partial charge is 0.326 e. The van der Waals surface area contributed by atoms with E-state index in [1.165, 1.54) is 4.68 Å². The van der Waals surface area contributed by atoms with Crippen LogP contribution in [0, 0.1) is 12.8 Å². The van der Waals surface area contributed by atoms with Gasteiger partial charge in [-0.15, -0.1) is 5.10 Å². The third-order valence-corrected chi connectivity index (χ3v) is 4.38. The molecule has 1 aromatic carbocycles. The Bertz CT molecular complexity index is 797. The largest absolute Gasteiger partial charge is 0.480 e. The van der Waals surface area contributed by atoms with Crippen molar-refractivity contribution in [3.63, 3.8) is 0 Å². The molecule has 126 valence electrons. The molecule has 0 bridgehead atoms. The lowest BCUT2D eigenvalue weighted by Gasteiger charge is -2.11. The highest BCUT2D eigenvalue weighted by Gasteiger charge is 2.38. The summed E-state index contributed by atoms with van der Waals surface area (Å²) < 4.78 is 1.37. The van der Waals surface area contributed by atoms with Crippen LogP contribution in [0.15, 0.2) is 18.2 Å². The molecule has 1 fully saturated rings. The number of rotatable bonds is 5. The number of hydrogen-bond donors (Lipinski definition) is 2. The van der Waals surface area contributed by atoms with Crippen molar-refractivity contribution in [2.45, 2.75) is 25.8 Å². The van der Waals surface area contributed by atoms with Gasteiger partial charge in [0.05, 0.1) is 10.0 Å². The number of carbonyl (C=O) groups excluding carboxylic acids is 1. The molecule has 0 spiro atoms. The monoisotopic (exact) mass is 368 g/mol. The summed E-state index contributed by atoms with van der Waals surface area (Å²) in [5, 5.41) is 16.5. The summed E-state index contributed by atoms with van der Waals surface area (Å²) in [4.78, 5) is 27.6. The van der Waals surface area contributed by atoms with Gasteiger partial charge < -0.3 is 10.4 Å². The van der Waals surface area contributed by atoms with Gasteiger partial charge in [-0.1, -0.05) is 29.3 Å². The van der Waals surface area contributed by atoms with Gasteiger partial charge in [0.15, 0.2) is 0 Å². The van der Waals surface area contributed by atoms with Gasteiger partial charge in [0.1, 0.15) is 17.6 Å². The molecule has 3 rings (SSSR count). The maximum Gasteiger partial charge on any atom is 0.326 e. The number of para-hydroxylation sites is 1. The summed E-state index contributed by atoms with van der Waals surface area (Å²) in [6.45, 7) is 1.65. The number of halogens is 2. The zero-order valence-corrected chi connectivity index (χ0v) is 14.2. The number of aliphatic carboxylic acids is 1. The second kappa shape index (κ2) is 6.41. The van der Waals surface area contributed by atoms with E-state index in [9.17, 15) is 14.7 Å². The Morgan fingerprint density at radius 2 is 1.96 bits per heavy atom. The first-order valence-corrected chi connectivity index (χ1v) is 8.05. The third-order valence-electron chi connectivity index (χ3n) is 3.77. The molecule has 0 radical (unpaired) electrons. The first-order valence-electron chi connectivity index (χ1n) is 7.30. The molecule has 2 N–H and O–H groups in total. The average molecular weight is 369 g/mol. The van der Waals surface area contributed by atoms with Crippen molar-refractivity contribution in [2.24, 2.45) is 5.92 Å². The Kier molecular flexibility index (Phi) is 4.47. The summed E-state index contributed by atoms with van der Waals surface area (Å²) in [6, 6.07) is 4.07. The second-order valence-electron chi connectivity index (χ2n) is 5.59. The van der Waals surface area contributed by atoms with Crippen molar-refractivity contribution in [3.05, 3.63) is 39.9 Å². The highest BCUT2D eigenvalue weighted by molar-refractivity contribution is 6.37. The van der Waals surface area contributed by atoms with Gasteiger partial charge in [0.25, 0.3) is 5.91 Å². The van der Waals surface area contributed by atoms with Crippen molar-refractivity contribution in [2.75, 3.05) is 0 Å². The Hall–Kier alpha value is -2.12. The van der Waals surface area contributed by atoms with E-state index < -0.39 is 17.9 Å². The van der Waals surface area contributed by atoms with Crippen molar-refractivity contribution < 1.29 is 14.7 Å². The predicted octanol–water partition coefficient (Wildman–Crippen LogP) is 2.48. The van der Waals surface area contributed by atoms with Crippen LogP contribution in [0.25, 0.3) is 5.69 Å². The van der Waals surface area contributed by atoms with Crippen LogP contribution in [-0.4, -0.2) is 37.8 Å². The minimum absolute atomic E-state index is 0.0346. The molecular weight excluding hydrogens is 355 g/mol. The fraction of sp³-hybridized carbons (Fsp3) is 0.333. The summed E-state index contributed by atoms with van der Waals surface area (Å²) in [7, 11) is 0. The molecule has 1 atom stereocenters. The van der Waals surface area contributed by atoms with Gasteiger partial charge in [-0.25, -0.2) is 14.5 Å². The van der Waals surface area contributed by atoms with Gasteiger partial charge in [0, 0.05) is 0 Å². The molecule has 0 saturated heterocycles. The molecular formula is C15H14Cl2N4O3. The number of aromatic nitrogens is 3. The molecule has 1 aliphatic carbocycles. The topological polar surface area (TPSA) is 97.1 Å². The number of aryl methyl sites for hydroxylation is 1. The van der Waals surface area contributed by atoms with E-state index in [-0.39, 0.29) is 11.7 Å². The zero-order chi connectivity index (χ0) is 17.4. The van der Waals surface area contributed by atoms with E-state index in [0.717, 1.165) is 12.8 Å². The summed E-state index contributed by atoms with van der Waals surface area (Å²) >= 11 is 12.3. The van der Waals surface area contributed by atoms with Gasteiger partial charge in [-0.05, 0) is 37.8 Å². The SMILES string of the molecule is Cc1nc(C(=O)NC(C(=O)O)C2CC2)nn1-c1c(Cl)cccc1Cl. The Balaban J connectivity index is 1.88. The third kappa shape index (κ3) is 3.22. The molecule has 1 aliphatic rings. The van der Waals surface area contributed by atoms with Crippen LogP contribution >= 0.6 is 23.2 Å². The molecule has 9 heteroatoms. The maximum atomic E-state index is 12.3. The lowest BCUT2D eigenvalue weighted by Crippen LogP contribution is -2.42. The Morgan fingerprint density at radius 3 is 2.50 bits per heavy atom. The van der Waals surface area contributed by atoms with E-state index in [4.69, 9.17) is 23.2 Å². The van der Waals surface area contributed by atoms with Gasteiger partial charge >= 0.3 is 5.97 Å². The quantitative estimate of drug-likeness (QED) is 0.844. The number of hydrogen-bond acceptors (Lipinski definition) is 4. The van der Waals surface area contributed by atoms with E-state index in [1.54, 1.807) is 25.1 Å². The van der Waals surface area contributed by atoms with Gasteiger partial charge in [0.2, 0.25) is 5.82 Å². The maximum absolute atomic E-state index is 12.3. The minimum atomic E-state index is -1.06. The highest BCUT2D eigenvalue weighted by Crippen LogP contribution is 2.33. The number of benzene rings is 1. The van der Waals surface area contributed by atoms with Crippen molar-refractivity contribution in [1.82, 2.24) is 20.1 Å². The van der Waals surface area contributed by atoms with Crippen LogP contribution in [0.2, 0.25) is 10.0 Å². The number of carboxylic acids is 1. The molecule has 1 amide bonds. The first kappa shape index (κ1) is 16.7. The number of nitrogens with zero attached hydrogens (tertiary/aromatic N) is 3. The summed E-state index contributed by atoms with van der Waals surface area (Å²) in [6.07, 6.45) is 1.57. The molecule has 7 nitrogen and oxygen atoms in total. The van der Waals surface area contributed by atoms with Gasteiger partial charge in [-0.2, -0.15) is 0 Å². The number of amides is 1. The molecule has 1 aromatic heterocycles. The fourth-order valence-corrected chi connectivity index (χ4v) is 2.96. The van der Waals surface area contributed by atoms with E-state index >= 15 is 0 Å². The second-order valence-corrected chi connectivity index (χ2v) is 6.41. The van der Waals surface area contributed by atoms with E-state index in [1.807, 2.05) is 0 Å². The molecule has 0 aliphatic heterocycles. The summed E-state index contributed by atoms with van der Waals surface area (Å²) in [5.74, 6) is -1.45. The van der Waals surface area contributed by atoms with Crippen molar-refractivity contribution in [1.29, 1.82) is 0 Å². The molecule has 1 saturated carbocycles. The van der Waals surface area contributed by atoms with Crippen LogP contribution in [0.4, 0.5) is 0 Å². The molecule has 24 heavy (non-hydrogen) atoms. The van der Waals surface area contributed by atoms with E-state index in [2.05, 4.69) is 15.4 Å². The fourth-order valence-electron chi connectivity index (χ4n) is 2.41. The Morgan fingerprint density at radius 1 is 1.33 bits per heavy atom.